The Balaban J connectivity index is 1.82. The summed E-state index contributed by atoms with van der Waals surface area (Å²) in [6, 6.07) is 5.47. The molecule has 23 heavy (non-hydrogen) atoms. The van der Waals surface area contributed by atoms with Crippen LogP contribution in [0.4, 0.5) is 24.0 Å². The predicted molar refractivity (Wildman–Crippen MR) is 87.7 cm³/mol. The lowest BCUT2D eigenvalue weighted by atomic mass is 10.2. The molecule has 1 amide bonds. The van der Waals surface area contributed by atoms with Gasteiger partial charge in [0.2, 0.25) is 5.91 Å². The van der Waals surface area contributed by atoms with Gasteiger partial charge in [-0.25, -0.2) is 4.98 Å². The van der Waals surface area contributed by atoms with Crippen LogP contribution in [0.2, 0.25) is 0 Å². The second-order valence-corrected chi connectivity index (χ2v) is 6.66. The number of thiazole rings is 1. The lowest BCUT2D eigenvalue weighted by molar-refractivity contribution is -0.134. The van der Waals surface area contributed by atoms with Crippen LogP contribution >= 0.6 is 27.3 Å². The summed E-state index contributed by atoms with van der Waals surface area (Å²) >= 11 is 3.85. The van der Waals surface area contributed by atoms with Crippen molar-refractivity contribution >= 4 is 44.0 Å². The highest BCUT2D eigenvalue weighted by Crippen LogP contribution is 2.34. The number of amides is 1. The number of alkyl halides is 3. The molecule has 4 nitrogen and oxygen atoms in total. The Labute approximate surface area is 143 Å². The van der Waals surface area contributed by atoms with Crippen LogP contribution < -0.4 is 10.6 Å². The summed E-state index contributed by atoms with van der Waals surface area (Å²) in [5.74, 6) is -0.226. The van der Waals surface area contributed by atoms with E-state index < -0.39 is 11.1 Å². The van der Waals surface area contributed by atoms with Crippen molar-refractivity contribution in [1.82, 2.24) is 4.98 Å². The van der Waals surface area contributed by atoms with Crippen LogP contribution in [0, 0.1) is 6.92 Å². The molecule has 0 bridgehead atoms. The van der Waals surface area contributed by atoms with Gasteiger partial charge in [0.1, 0.15) is 4.88 Å². The van der Waals surface area contributed by atoms with E-state index in [9.17, 15) is 18.0 Å². The SMILES string of the molecule is Cc1cc(Br)ccc1NC(=O)CCNc1ncc(C(F)(F)F)s1. The molecule has 2 N–H and O–H groups in total. The molecular weight excluding hydrogens is 395 g/mol. The second-order valence-electron chi connectivity index (χ2n) is 4.71. The first-order chi connectivity index (χ1) is 10.8. The number of nitrogens with one attached hydrogen (secondary N) is 2. The zero-order valence-electron chi connectivity index (χ0n) is 12.0. The van der Waals surface area contributed by atoms with Crippen LogP contribution in [-0.2, 0) is 11.0 Å². The molecule has 0 atom stereocenters. The number of benzene rings is 1. The minimum Gasteiger partial charge on any atom is -0.361 e. The number of anilines is 2. The van der Waals surface area contributed by atoms with Gasteiger partial charge in [0, 0.05) is 23.1 Å². The Kier molecular flexibility index (Phi) is 5.64. The van der Waals surface area contributed by atoms with Crippen LogP contribution in [0.5, 0.6) is 0 Å². The quantitative estimate of drug-likeness (QED) is 0.756. The van der Waals surface area contributed by atoms with Gasteiger partial charge in [-0.2, -0.15) is 13.2 Å². The van der Waals surface area contributed by atoms with E-state index >= 15 is 0 Å². The zero-order valence-corrected chi connectivity index (χ0v) is 14.4. The van der Waals surface area contributed by atoms with E-state index in [2.05, 4.69) is 31.5 Å². The summed E-state index contributed by atoms with van der Waals surface area (Å²) in [4.78, 5) is 14.7. The van der Waals surface area contributed by atoms with Gasteiger partial charge in [-0.15, -0.1) is 0 Å². The first-order valence-corrected chi connectivity index (χ1v) is 8.19. The zero-order chi connectivity index (χ0) is 17.0. The van der Waals surface area contributed by atoms with E-state index in [4.69, 9.17) is 0 Å². The molecule has 0 saturated heterocycles. The van der Waals surface area contributed by atoms with Crippen LogP contribution in [-0.4, -0.2) is 17.4 Å². The smallest absolute Gasteiger partial charge is 0.361 e. The van der Waals surface area contributed by atoms with E-state index in [1.807, 2.05) is 19.1 Å². The number of nitrogens with zero attached hydrogens (tertiary/aromatic N) is 1. The maximum Gasteiger partial charge on any atom is 0.427 e. The minimum absolute atomic E-state index is 0.121. The van der Waals surface area contributed by atoms with E-state index in [0.29, 0.717) is 17.0 Å². The predicted octanol–water partition coefficient (Wildman–Crippen LogP) is 4.67. The van der Waals surface area contributed by atoms with Crippen molar-refractivity contribution < 1.29 is 18.0 Å². The summed E-state index contributed by atoms with van der Waals surface area (Å²) in [5.41, 5.74) is 1.61. The molecule has 1 aromatic carbocycles. The van der Waals surface area contributed by atoms with E-state index in [-0.39, 0.29) is 24.0 Å². The number of hydrogen-bond donors (Lipinski definition) is 2. The Morgan fingerprint density at radius 1 is 1.39 bits per heavy atom. The van der Waals surface area contributed by atoms with Crippen molar-refractivity contribution in [3.05, 3.63) is 39.3 Å². The van der Waals surface area contributed by atoms with Crippen LogP contribution in [0.25, 0.3) is 0 Å². The fourth-order valence-electron chi connectivity index (χ4n) is 1.75. The highest BCUT2D eigenvalue weighted by atomic mass is 79.9. The third kappa shape index (κ3) is 5.21. The minimum atomic E-state index is -4.39. The molecule has 1 heterocycles. The van der Waals surface area contributed by atoms with Gasteiger partial charge in [-0.1, -0.05) is 27.3 Å². The van der Waals surface area contributed by atoms with E-state index in [1.54, 1.807) is 6.07 Å². The molecule has 0 unspecified atom stereocenters. The summed E-state index contributed by atoms with van der Waals surface area (Å²) in [6.07, 6.45) is -3.50. The van der Waals surface area contributed by atoms with Crippen LogP contribution in [0.3, 0.4) is 0 Å². The van der Waals surface area contributed by atoms with Crippen molar-refractivity contribution in [2.45, 2.75) is 19.5 Å². The summed E-state index contributed by atoms with van der Waals surface area (Å²) in [6.45, 7) is 2.07. The van der Waals surface area contributed by atoms with Gasteiger partial charge in [0.15, 0.2) is 5.13 Å². The normalized spacial score (nSPS) is 11.3. The third-order valence-electron chi connectivity index (χ3n) is 2.88. The van der Waals surface area contributed by atoms with Gasteiger partial charge in [0.05, 0.1) is 6.20 Å². The Morgan fingerprint density at radius 2 is 2.13 bits per heavy atom. The average Bonchev–Trinajstić information content (AvgIpc) is 2.91. The van der Waals surface area contributed by atoms with Crippen molar-refractivity contribution in [2.24, 2.45) is 0 Å². The Bertz CT molecular complexity index is 703. The molecule has 124 valence electrons. The van der Waals surface area contributed by atoms with Gasteiger partial charge in [-0.3, -0.25) is 4.79 Å². The summed E-state index contributed by atoms with van der Waals surface area (Å²) in [7, 11) is 0. The lowest BCUT2D eigenvalue weighted by Crippen LogP contribution is -2.16. The highest BCUT2D eigenvalue weighted by Gasteiger charge is 2.33. The average molecular weight is 408 g/mol. The first kappa shape index (κ1) is 17.7. The fraction of sp³-hybridized carbons (Fsp3) is 0.286. The molecular formula is C14H13BrF3N3OS. The standard InChI is InChI=1S/C14H13BrF3N3OS/c1-8-6-9(15)2-3-10(8)21-12(22)4-5-19-13-20-7-11(23-13)14(16,17)18/h2-3,6-7H,4-5H2,1H3,(H,19,20)(H,21,22). The molecule has 0 aliphatic rings. The fourth-order valence-corrected chi connectivity index (χ4v) is 2.93. The number of hydrogen-bond acceptors (Lipinski definition) is 4. The summed E-state index contributed by atoms with van der Waals surface area (Å²) < 4.78 is 38.2. The van der Waals surface area contributed by atoms with Crippen LogP contribution in [0.15, 0.2) is 28.9 Å². The maximum absolute atomic E-state index is 12.4. The van der Waals surface area contributed by atoms with E-state index in [1.165, 1.54) is 0 Å². The number of aromatic nitrogens is 1. The Morgan fingerprint density at radius 3 is 2.74 bits per heavy atom. The number of halogens is 4. The van der Waals surface area contributed by atoms with Crippen LogP contribution in [0.1, 0.15) is 16.9 Å². The third-order valence-corrected chi connectivity index (χ3v) is 4.37. The van der Waals surface area contributed by atoms with Crippen molar-refractivity contribution in [1.29, 1.82) is 0 Å². The number of carbonyl (C=O) groups is 1. The molecule has 0 saturated carbocycles. The van der Waals surface area contributed by atoms with E-state index in [0.717, 1.165) is 16.2 Å². The van der Waals surface area contributed by atoms with Gasteiger partial charge < -0.3 is 10.6 Å². The molecule has 1 aromatic heterocycles. The van der Waals surface area contributed by atoms with Crippen molar-refractivity contribution in [3.8, 4) is 0 Å². The largest absolute Gasteiger partial charge is 0.427 e. The molecule has 0 aliphatic heterocycles. The number of carbonyl (C=O) groups excluding carboxylic acids is 1. The summed E-state index contributed by atoms with van der Waals surface area (Å²) in [5, 5.41) is 5.62. The van der Waals surface area contributed by atoms with Gasteiger partial charge in [-0.05, 0) is 30.7 Å². The topological polar surface area (TPSA) is 54.0 Å². The van der Waals surface area contributed by atoms with Crippen molar-refractivity contribution in [3.63, 3.8) is 0 Å². The number of aryl methyl sites for hydroxylation is 1. The molecule has 0 spiro atoms. The molecule has 0 radical (unpaired) electrons. The molecule has 0 fully saturated rings. The first-order valence-electron chi connectivity index (χ1n) is 6.58. The second kappa shape index (κ2) is 7.31. The van der Waals surface area contributed by atoms with Gasteiger partial charge >= 0.3 is 6.18 Å². The highest BCUT2D eigenvalue weighted by molar-refractivity contribution is 9.10. The molecule has 2 rings (SSSR count). The molecule has 0 aliphatic carbocycles. The lowest BCUT2D eigenvalue weighted by Gasteiger charge is -2.09. The number of rotatable bonds is 5. The van der Waals surface area contributed by atoms with Gasteiger partial charge in [0.25, 0.3) is 0 Å². The Hall–Kier alpha value is -1.61. The maximum atomic E-state index is 12.4. The molecule has 2 aromatic rings. The monoisotopic (exact) mass is 407 g/mol. The van der Waals surface area contributed by atoms with Crippen molar-refractivity contribution in [2.75, 3.05) is 17.2 Å². The molecule has 9 heteroatoms.